The number of nitrogens with one attached hydrogen (secondary N) is 1. The van der Waals surface area contributed by atoms with Gasteiger partial charge in [0.25, 0.3) is 5.91 Å². The van der Waals surface area contributed by atoms with Crippen molar-refractivity contribution in [3.05, 3.63) is 34.2 Å². The van der Waals surface area contributed by atoms with E-state index in [1.54, 1.807) is 7.05 Å². The van der Waals surface area contributed by atoms with Gasteiger partial charge in [-0.2, -0.15) is 0 Å². The number of fused-ring (bicyclic) bond motifs is 1. The molecule has 2 heterocycles. The number of aliphatic carboxylic acids is 1. The van der Waals surface area contributed by atoms with Crippen LogP contribution in [0.15, 0.2) is 23.0 Å². The van der Waals surface area contributed by atoms with Crippen molar-refractivity contribution in [1.82, 2.24) is 14.5 Å². The molecule has 1 saturated heterocycles. The second kappa shape index (κ2) is 8.18. The maximum Gasteiger partial charge on any atom is 0.330 e. The number of thiol groups is 1. The number of benzene rings is 1. The summed E-state index contributed by atoms with van der Waals surface area (Å²) in [6, 6.07) is 5.81. The zero-order chi connectivity index (χ0) is 22.3. The summed E-state index contributed by atoms with van der Waals surface area (Å²) < 4.78 is 2.90. The summed E-state index contributed by atoms with van der Waals surface area (Å²) in [6.07, 6.45) is 5.28. The van der Waals surface area contributed by atoms with Crippen LogP contribution in [0.4, 0.5) is 0 Å². The first-order valence-corrected chi connectivity index (χ1v) is 11.1. The Hall–Kier alpha value is -2.55. The van der Waals surface area contributed by atoms with Gasteiger partial charge in [0.05, 0.1) is 11.0 Å². The van der Waals surface area contributed by atoms with Gasteiger partial charge < -0.3 is 5.11 Å². The summed E-state index contributed by atoms with van der Waals surface area (Å²) in [4.78, 5) is 46.6. The molecule has 31 heavy (non-hydrogen) atoms. The van der Waals surface area contributed by atoms with E-state index in [-0.39, 0.29) is 36.8 Å². The number of aryl methyl sites for hydroxylation is 1. The topological polar surface area (TPSA) is 110 Å². The molecule has 1 atom stereocenters. The van der Waals surface area contributed by atoms with Gasteiger partial charge in [-0.25, -0.2) is 4.79 Å². The van der Waals surface area contributed by atoms with Crippen molar-refractivity contribution in [2.45, 2.75) is 56.2 Å². The van der Waals surface area contributed by atoms with E-state index in [0.29, 0.717) is 11.4 Å². The smallest absolute Gasteiger partial charge is 0.330 e. The summed E-state index contributed by atoms with van der Waals surface area (Å²) in [5, 5.41) is 11.3. The zero-order valence-corrected chi connectivity index (χ0v) is 18.4. The van der Waals surface area contributed by atoms with Crippen LogP contribution in [0.5, 0.6) is 0 Å². The second-order valence-electron chi connectivity index (χ2n) is 8.88. The molecule has 1 unspecified atom stereocenters. The van der Waals surface area contributed by atoms with Crippen molar-refractivity contribution in [3.8, 4) is 0 Å². The zero-order valence-electron chi connectivity index (χ0n) is 17.5. The Morgan fingerprint density at radius 2 is 1.84 bits per heavy atom. The van der Waals surface area contributed by atoms with Crippen molar-refractivity contribution < 1.29 is 19.5 Å². The lowest BCUT2D eigenvalue weighted by molar-refractivity contribution is -0.139. The van der Waals surface area contributed by atoms with Crippen LogP contribution in [0, 0.1) is 11.8 Å². The van der Waals surface area contributed by atoms with Crippen molar-refractivity contribution in [2.75, 3.05) is 0 Å². The van der Waals surface area contributed by atoms with E-state index in [1.165, 1.54) is 9.13 Å². The summed E-state index contributed by atoms with van der Waals surface area (Å²) in [5.74, 6) is -0.899. The van der Waals surface area contributed by atoms with E-state index in [2.05, 4.69) is 17.9 Å². The highest BCUT2D eigenvalue weighted by Gasteiger charge is 2.43. The molecule has 0 spiro atoms. The van der Waals surface area contributed by atoms with Crippen LogP contribution < -0.4 is 11.0 Å². The monoisotopic (exact) mass is 445 g/mol. The van der Waals surface area contributed by atoms with Crippen LogP contribution in [-0.4, -0.2) is 32.0 Å². The Morgan fingerprint density at radius 1 is 1.16 bits per heavy atom. The number of carbonyl (C=O) groups excluding carboxylic acids is 2. The number of carboxylic acid groups (broad SMARTS) is 1. The highest BCUT2D eigenvalue weighted by atomic mass is 32.1. The number of nitrogens with zero attached hydrogens (tertiary/aromatic N) is 2. The molecule has 1 aromatic heterocycles. The Labute approximate surface area is 185 Å². The number of rotatable bonds is 5. The minimum Gasteiger partial charge on any atom is -0.481 e. The normalized spacial score (nSPS) is 26.8. The van der Waals surface area contributed by atoms with Gasteiger partial charge in [0, 0.05) is 19.9 Å². The number of hydrogen-bond acceptors (Lipinski definition) is 5. The minimum absolute atomic E-state index is 0.126. The third-order valence-electron chi connectivity index (χ3n) is 6.76. The predicted octanol–water partition coefficient (Wildman–Crippen LogP) is 2.18. The molecule has 2 fully saturated rings. The number of hydrogen-bond donors (Lipinski definition) is 3. The molecule has 1 aliphatic carbocycles. The number of imidazole rings is 1. The molecule has 2 aromatic rings. The Bertz CT molecular complexity index is 1110. The molecule has 2 aliphatic rings. The van der Waals surface area contributed by atoms with Gasteiger partial charge >= 0.3 is 11.7 Å². The van der Waals surface area contributed by atoms with Gasteiger partial charge in [-0.3, -0.25) is 28.8 Å². The van der Waals surface area contributed by atoms with Gasteiger partial charge in [-0.15, -0.1) is 12.6 Å². The van der Waals surface area contributed by atoms with E-state index >= 15 is 0 Å². The number of amides is 2. The number of carbonyl (C=O) groups is 3. The molecular formula is C22H27N3O5S. The van der Waals surface area contributed by atoms with Crippen LogP contribution in [0.1, 0.15) is 50.5 Å². The van der Waals surface area contributed by atoms with Crippen molar-refractivity contribution in [3.63, 3.8) is 0 Å². The molecule has 1 saturated carbocycles. The van der Waals surface area contributed by atoms with E-state index in [0.717, 1.165) is 43.2 Å². The molecule has 2 N–H and O–H groups in total. The van der Waals surface area contributed by atoms with Gasteiger partial charge in [-0.1, -0.05) is 6.07 Å². The molecule has 1 aliphatic heterocycles. The maximum atomic E-state index is 13.0. The van der Waals surface area contributed by atoms with E-state index < -0.39 is 16.7 Å². The summed E-state index contributed by atoms with van der Waals surface area (Å²) in [5.41, 5.74) is 2.10. The van der Waals surface area contributed by atoms with Crippen LogP contribution in [0.25, 0.3) is 11.0 Å². The largest absolute Gasteiger partial charge is 0.481 e. The van der Waals surface area contributed by atoms with Crippen molar-refractivity contribution >= 4 is 41.4 Å². The van der Waals surface area contributed by atoms with E-state index in [1.807, 2.05) is 18.2 Å². The average molecular weight is 446 g/mol. The molecule has 8 nitrogen and oxygen atoms in total. The fourth-order valence-electron chi connectivity index (χ4n) is 4.99. The standard InChI is InChI=1S/C22H27N3O5S/c1-24-17-11-15(10-13-2-4-14(5-3-13)12-19(27)28)6-7-16(17)25(21(24)30)22(31)9-8-18(26)23-20(22)29/h6-7,11,13-14,31H,2-5,8-10,12H2,1H3,(H,27,28)(H,23,26,29). The fourth-order valence-corrected chi connectivity index (χ4v) is 5.35. The van der Waals surface area contributed by atoms with Crippen molar-refractivity contribution in [1.29, 1.82) is 0 Å². The molecule has 2 amide bonds. The maximum absolute atomic E-state index is 13.0. The van der Waals surface area contributed by atoms with E-state index in [9.17, 15) is 19.2 Å². The summed E-state index contributed by atoms with van der Waals surface area (Å²) in [7, 11) is 1.67. The molecular weight excluding hydrogens is 418 g/mol. The fraction of sp³-hybridized carbons (Fsp3) is 0.545. The Kier molecular flexibility index (Phi) is 5.72. The number of carboxylic acids is 1. The number of piperidine rings is 1. The molecule has 9 heteroatoms. The lowest BCUT2D eigenvalue weighted by Crippen LogP contribution is -2.54. The quantitative estimate of drug-likeness (QED) is 0.483. The molecule has 0 radical (unpaired) electrons. The van der Waals surface area contributed by atoms with Gasteiger partial charge in [-0.05, 0) is 68.1 Å². The molecule has 4 rings (SSSR count). The van der Waals surface area contributed by atoms with E-state index in [4.69, 9.17) is 5.11 Å². The van der Waals surface area contributed by atoms with Gasteiger partial charge in [0.2, 0.25) is 5.91 Å². The Morgan fingerprint density at radius 3 is 2.48 bits per heavy atom. The SMILES string of the molecule is Cn1c(=O)n(C2(S)CCC(=O)NC2=O)c2ccc(CC3CCC(CC(=O)O)CC3)cc21. The first-order chi connectivity index (χ1) is 14.7. The molecule has 166 valence electrons. The first-order valence-electron chi connectivity index (χ1n) is 10.7. The summed E-state index contributed by atoms with van der Waals surface area (Å²) in [6.45, 7) is 0. The van der Waals surface area contributed by atoms with Crippen LogP contribution in [0.2, 0.25) is 0 Å². The molecule has 1 aromatic carbocycles. The minimum atomic E-state index is -1.41. The number of aromatic nitrogens is 2. The lowest BCUT2D eigenvalue weighted by Gasteiger charge is -2.31. The third-order valence-corrected chi connectivity index (χ3v) is 7.39. The second-order valence-corrected chi connectivity index (χ2v) is 9.62. The Balaban J connectivity index is 1.58. The summed E-state index contributed by atoms with van der Waals surface area (Å²) >= 11 is 4.54. The van der Waals surface area contributed by atoms with Crippen LogP contribution in [0.3, 0.4) is 0 Å². The first kappa shape index (κ1) is 21.7. The number of imide groups is 1. The lowest BCUT2D eigenvalue weighted by atomic mass is 9.78. The van der Waals surface area contributed by atoms with Gasteiger partial charge in [0.1, 0.15) is 0 Å². The third kappa shape index (κ3) is 4.03. The predicted molar refractivity (Wildman–Crippen MR) is 118 cm³/mol. The average Bonchev–Trinajstić information content (AvgIpc) is 2.97. The van der Waals surface area contributed by atoms with Gasteiger partial charge in [0.15, 0.2) is 4.87 Å². The van der Waals surface area contributed by atoms with Crippen LogP contribution >= 0.6 is 12.6 Å². The van der Waals surface area contributed by atoms with Crippen LogP contribution in [-0.2, 0) is 32.7 Å². The highest BCUT2D eigenvalue weighted by Crippen LogP contribution is 2.35. The van der Waals surface area contributed by atoms with Crippen molar-refractivity contribution in [2.24, 2.45) is 18.9 Å². The highest BCUT2D eigenvalue weighted by molar-refractivity contribution is 7.82. The molecule has 0 bridgehead atoms.